The highest BCUT2D eigenvalue weighted by atomic mass is 16.6. The summed E-state index contributed by atoms with van der Waals surface area (Å²) in [5.74, 6) is -0.249. The van der Waals surface area contributed by atoms with Gasteiger partial charge in [0.05, 0.1) is 11.5 Å². The maximum atomic E-state index is 12.1. The van der Waals surface area contributed by atoms with Crippen LogP contribution in [0.5, 0.6) is 5.75 Å². The molecule has 0 saturated carbocycles. The smallest absolute Gasteiger partial charge is 0.331 e. The molecular formula is C21H22N2O6. The molecule has 1 amide bonds. The Labute approximate surface area is 168 Å². The summed E-state index contributed by atoms with van der Waals surface area (Å²) in [7, 11) is 1.62. The molecule has 0 aliphatic rings. The number of nitro groups is 1. The quantitative estimate of drug-likeness (QED) is 0.278. The number of hydrogen-bond donors (Lipinski definition) is 0. The normalized spacial score (nSPS) is 10.6. The Bertz CT molecular complexity index is 875. The van der Waals surface area contributed by atoms with Crippen LogP contribution in [0.2, 0.25) is 0 Å². The molecule has 0 spiro atoms. The Morgan fingerprint density at radius 3 is 2.34 bits per heavy atom. The van der Waals surface area contributed by atoms with Gasteiger partial charge in [-0.2, -0.15) is 0 Å². The first kappa shape index (κ1) is 21.6. The summed E-state index contributed by atoms with van der Waals surface area (Å²) in [6.07, 6.45) is 2.63. The van der Waals surface area contributed by atoms with E-state index in [4.69, 9.17) is 9.47 Å². The van der Waals surface area contributed by atoms with E-state index in [1.807, 2.05) is 31.2 Å². The average molecular weight is 398 g/mol. The molecule has 8 nitrogen and oxygen atoms in total. The fourth-order valence-electron chi connectivity index (χ4n) is 2.38. The van der Waals surface area contributed by atoms with Gasteiger partial charge in [0.15, 0.2) is 6.61 Å². The summed E-state index contributed by atoms with van der Waals surface area (Å²) in [6.45, 7) is 2.49. The van der Waals surface area contributed by atoms with Crippen LogP contribution in [0, 0.1) is 10.1 Å². The van der Waals surface area contributed by atoms with E-state index in [-0.39, 0.29) is 18.2 Å². The Morgan fingerprint density at radius 2 is 1.76 bits per heavy atom. The highest BCUT2D eigenvalue weighted by Crippen LogP contribution is 2.14. The minimum absolute atomic E-state index is 0.0362. The van der Waals surface area contributed by atoms with Crippen molar-refractivity contribution in [1.82, 2.24) is 4.90 Å². The molecule has 0 heterocycles. The van der Waals surface area contributed by atoms with E-state index in [2.05, 4.69) is 0 Å². The standard InChI is InChI=1S/C21H22N2O6/c1-3-28-19-11-6-17(7-12-19)14-22(2)20(24)15-29-21(25)13-8-16-4-9-18(10-5-16)23(26)27/h4-13H,3,14-15H2,1-2H3/b13-8+. The minimum atomic E-state index is -0.675. The second-order valence-electron chi connectivity index (χ2n) is 6.12. The Kier molecular flexibility index (Phi) is 7.90. The zero-order valence-corrected chi connectivity index (χ0v) is 16.2. The van der Waals surface area contributed by atoms with Crippen molar-refractivity contribution < 1.29 is 24.0 Å². The third kappa shape index (κ3) is 7.10. The number of rotatable bonds is 9. The monoisotopic (exact) mass is 398 g/mol. The van der Waals surface area contributed by atoms with Crippen LogP contribution in [-0.4, -0.2) is 42.0 Å². The van der Waals surface area contributed by atoms with Gasteiger partial charge < -0.3 is 14.4 Å². The van der Waals surface area contributed by atoms with Gasteiger partial charge in [-0.25, -0.2) is 4.79 Å². The van der Waals surface area contributed by atoms with Crippen LogP contribution >= 0.6 is 0 Å². The topological polar surface area (TPSA) is 99.0 Å². The predicted octanol–water partition coefficient (Wildman–Crippen LogP) is 3.21. The number of benzene rings is 2. The highest BCUT2D eigenvalue weighted by molar-refractivity contribution is 5.89. The molecule has 0 unspecified atom stereocenters. The predicted molar refractivity (Wildman–Crippen MR) is 107 cm³/mol. The molecule has 0 atom stereocenters. The first-order valence-corrected chi connectivity index (χ1v) is 8.94. The lowest BCUT2D eigenvalue weighted by molar-refractivity contribution is -0.384. The van der Waals surface area contributed by atoms with Gasteiger partial charge in [0.2, 0.25) is 0 Å². The Hall–Kier alpha value is -3.68. The zero-order valence-electron chi connectivity index (χ0n) is 16.2. The average Bonchev–Trinajstić information content (AvgIpc) is 2.72. The number of hydrogen-bond acceptors (Lipinski definition) is 6. The van der Waals surface area contributed by atoms with Gasteiger partial charge in [0.25, 0.3) is 11.6 Å². The Balaban J connectivity index is 1.79. The molecule has 0 radical (unpaired) electrons. The van der Waals surface area contributed by atoms with E-state index in [1.165, 1.54) is 41.3 Å². The molecule has 29 heavy (non-hydrogen) atoms. The van der Waals surface area contributed by atoms with Crippen LogP contribution < -0.4 is 4.74 Å². The summed E-state index contributed by atoms with van der Waals surface area (Å²) in [6, 6.07) is 13.1. The van der Waals surface area contributed by atoms with Crippen LogP contribution in [0.4, 0.5) is 5.69 Å². The van der Waals surface area contributed by atoms with Gasteiger partial charge >= 0.3 is 5.97 Å². The van der Waals surface area contributed by atoms with Crippen molar-refractivity contribution >= 4 is 23.6 Å². The molecule has 2 aromatic rings. The van der Waals surface area contributed by atoms with E-state index in [9.17, 15) is 19.7 Å². The van der Waals surface area contributed by atoms with E-state index < -0.39 is 10.9 Å². The molecule has 152 valence electrons. The third-order valence-electron chi connectivity index (χ3n) is 3.93. The van der Waals surface area contributed by atoms with Crippen LogP contribution in [0.3, 0.4) is 0 Å². The molecule has 0 saturated heterocycles. The van der Waals surface area contributed by atoms with Gasteiger partial charge in [-0.15, -0.1) is 0 Å². The molecule has 0 bridgehead atoms. The third-order valence-corrected chi connectivity index (χ3v) is 3.93. The van der Waals surface area contributed by atoms with Crippen molar-refractivity contribution in [3.05, 3.63) is 75.8 Å². The van der Waals surface area contributed by atoms with Gasteiger partial charge in [-0.3, -0.25) is 14.9 Å². The van der Waals surface area contributed by atoms with Crippen LogP contribution in [0.15, 0.2) is 54.6 Å². The number of nitro benzene ring substituents is 1. The maximum Gasteiger partial charge on any atom is 0.331 e. The number of non-ortho nitro benzene ring substituents is 1. The summed E-state index contributed by atoms with van der Waals surface area (Å²) >= 11 is 0. The molecule has 0 fully saturated rings. The van der Waals surface area contributed by atoms with Crippen molar-refractivity contribution in [3.8, 4) is 5.75 Å². The number of esters is 1. The SMILES string of the molecule is CCOc1ccc(CN(C)C(=O)COC(=O)/C=C/c2ccc([N+](=O)[O-])cc2)cc1. The first-order valence-electron chi connectivity index (χ1n) is 8.94. The number of likely N-dealkylation sites (N-methyl/N-ethyl adjacent to an activating group) is 1. The summed E-state index contributed by atoms with van der Waals surface area (Å²) in [5.41, 5.74) is 1.49. The van der Waals surface area contributed by atoms with Crippen molar-refractivity contribution in [2.24, 2.45) is 0 Å². The van der Waals surface area contributed by atoms with Crippen LogP contribution in [0.1, 0.15) is 18.1 Å². The summed E-state index contributed by atoms with van der Waals surface area (Å²) < 4.78 is 10.3. The van der Waals surface area contributed by atoms with Crippen molar-refractivity contribution in [3.63, 3.8) is 0 Å². The summed E-state index contributed by atoms with van der Waals surface area (Å²) in [5, 5.41) is 10.6. The minimum Gasteiger partial charge on any atom is -0.494 e. The second kappa shape index (κ2) is 10.6. The molecule has 0 N–H and O–H groups in total. The fraction of sp³-hybridized carbons (Fsp3) is 0.238. The Morgan fingerprint density at radius 1 is 1.10 bits per heavy atom. The lowest BCUT2D eigenvalue weighted by Gasteiger charge is -2.17. The lowest BCUT2D eigenvalue weighted by atomic mass is 10.2. The molecule has 0 aliphatic carbocycles. The maximum absolute atomic E-state index is 12.1. The largest absolute Gasteiger partial charge is 0.494 e. The first-order chi connectivity index (χ1) is 13.9. The second-order valence-corrected chi connectivity index (χ2v) is 6.12. The van der Waals surface area contributed by atoms with E-state index >= 15 is 0 Å². The molecule has 2 rings (SSSR count). The van der Waals surface area contributed by atoms with E-state index in [0.717, 1.165) is 11.3 Å². The van der Waals surface area contributed by atoms with Crippen molar-refractivity contribution in [2.45, 2.75) is 13.5 Å². The molecule has 2 aromatic carbocycles. The van der Waals surface area contributed by atoms with E-state index in [0.29, 0.717) is 18.7 Å². The molecular weight excluding hydrogens is 376 g/mol. The molecule has 0 aromatic heterocycles. The molecule has 0 aliphatic heterocycles. The number of amides is 1. The van der Waals surface area contributed by atoms with Crippen LogP contribution in [-0.2, 0) is 20.9 Å². The van der Waals surface area contributed by atoms with E-state index in [1.54, 1.807) is 7.05 Å². The number of ether oxygens (including phenoxy) is 2. The van der Waals surface area contributed by atoms with Crippen molar-refractivity contribution in [2.75, 3.05) is 20.3 Å². The summed E-state index contributed by atoms with van der Waals surface area (Å²) in [4.78, 5) is 35.5. The number of carbonyl (C=O) groups is 2. The van der Waals surface area contributed by atoms with Gasteiger partial charge in [-0.1, -0.05) is 12.1 Å². The lowest BCUT2D eigenvalue weighted by Crippen LogP contribution is -2.30. The number of nitrogens with zero attached hydrogens (tertiary/aromatic N) is 2. The fourth-order valence-corrected chi connectivity index (χ4v) is 2.38. The molecule has 8 heteroatoms. The number of carbonyl (C=O) groups excluding carboxylic acids is 2. The van der Waals surface area contributed by atoms with Crippen LogP contribution in [0.25, 0.3) is 6.08 Å². The zero-order chi connectivity index (χ0) is 21.2. The van der Waals surface area contributed by atoms with Gasteiger partial charge in [0, 0.05) is 31.8 Å². The van der Waals surface area contributed by atoms with Gasteiger partial charge in [0.1, 0.15) is 5.75 Å². The van der Waals surface area contributed by atoms with Gasteiger partial charge in [-0.05, 0) is 48.4 Å². The van der Waals surface area contributed by atoms with Crippen molar-refractivity contribution in [1.29, 1.82) is 0 Å². The highest BCUT2D eigenvalue weighted by Gasteiger charge is 2.11.